The zero-order valence-corrected chi connectivity index (χ0v) is 12.1. The van der Waals surface area contributed by atoms with Gasteiger partial charge in [-0.15, -0.1) is 12.4 Å². The van der Waals surface area contributed by atoms with Crippen molar-refractivity contribution in [2.75, 3.05) is 13.1 Å². The van der Waals surface area contributed by atoms with Gasteiger partial charge < -0.3 is 15.6 Å². The van der Waals surface area contributed by atoms with E-state index in [1.807, 2.05) is 0 Å². The highest BCUT2D eigenvalue weighted by atomic mass is 79.9. The minimum Gasteiger partial charge on any atom is -0.350 e. The molecule has 1 aromatic rings. The molecule has 1 fully saturated rings. The second kappa shape index (κ2) is 6.92. The van der Waals surface area contributed by atoms with Crippen LogP contribution in [-0.2, 0) is 0 Å². The van der Waals surface area contributed by atoms with Crippen LogP contribution in [0.4, 0.5) is 0 Å². The topological polar surface area (TPSA) is 74.0 Å². The van der Waals surface area contributed by atoms with Crippen molar-refractivity contribution in [3.8, 4) is 0 Å². The number of carbonyl (C=O) groups excluding carboxylic acids is 1. The highest BCUT2D eigenvalue weighted by molar-refractivity contribution is 9.10. The highest BCUT2D eigenvalue weighted by Crippen LogP contribution is 2.06. The highest BCUT2D eigenvalue weighted by Gasteiger charge is 2.15. The third-order valence-corrected chi connectivity index (χ3v) is 3.38. The van der Waals surface area contributed by atoms with Gasteiger partial charge in [0.05, 0.1) is 10.0 Å². The summed E-state index contributed by atoms with van der Waals surface area (Å²) in [6.07, 6.45) is 3.67. The lowest BCUT2D eigenvalue weighted by molar-refractivity contribution is 0.0950. The molecule has 0 saturated carbocycles. The normalized spacial score (nSPS) is 18.2. The Morgan fingerprint density at radius 1 is 1.56 bits per heavy atom. The average molecular weight is 337 g/mol. The number of amides is 1. The Hall–Kier alpha value is -0.850. The number of aromatic nitrogens is 1. The summed E-state index contributed by atoms with van der Waals surface area (Å²) in [4.78, 5) is 25.4. The minimum atomic E-state index is -0.237. The van der Waals surface area contributed by atoms with E-state index < -0.39 is 0 Å². The van der Waals surface area contributed by atoms with E-state index in [1.165, 1.54) is 12.3 Å². The van der Waals surface area contributed by atoms with Gasteiger partial charge in [-0.3, -0.25) is 9.59 Å². The fraction of sp³-hybridized carbons (Fsp3) is 0.455. The molecule has 18 heavy (non-hydrogen) atoms. The van der Waals surface area contributed by atoms with E-state index in [-0.39, 0.29) is 23.9 Å². The molecule has 1 amide bonds. The van der Waals surface area contributed by atoms with Crippen LogP contribution in [0.2, 0.25) is 0 Å². The zero-order valence-electron chi connectivity index (χ0n) is 9.66. The molecule has 1 aromatic heterocycles. The summed E-state index contributed by atoms with van der Waals surface area (Å²) in [5.74, 6) is -0.171. The molecule has 1 aliphatic heterocycles. The number of hydrogen-bond donors (Lipinski definition) is 3. The van der Waals surface area contributed by atoms with Crippen molar-refractivity contribution in [3.05, 3.63) is 32.7 Å². The van der Waals surface area contributed by atoms with Gasteiger partial charge in [0.1, 0.15) is 0 Å². The van der Waals surface area contributed by atoms with Gasteiger partial charge in [0.25, 0.3) is 11.5 Å². The van der Waals surface area contributed by atoms with Crippen LogP contribution in [0, 0.1) is 0 Å². The van der Waals surface area contributed by atoms with Crippen LogP contribution < -0.4 is 16.2 Å². The predicted octanol–water partition coefficient (Wildman–Crippen LogP) is 1.04. The van der Waals surface area contributed by atoms with Crippen LogP contribution in [0.25, 0.3) is 0 Å². The Morgan fingerprint density at radius 2 is 2.33 bits per heavy atom. The SMILES string of the molecule is Cl.O=C(NCC1CCCN1)c1c[nH]c(=O)c(Br)c1. The van der Waals surface area contributed by atoms with Crippen LogP contribution in [0.3, 0.4) is 0 Å². The third-order valence-electron chi connectivity index (χ3n) is 2.79. The first-order valence-electron chi connectivity index (χ1n) is 5.56. The maximum Gasteiger partial charge on any atom is 0.262 e. The molecule has 0 bridgehead atoms. The molecule has 100 valence electrons. The number of H-pyrrole nitrogens is 1. The van der Waals surface area contributed by atoms with Crippen LogP contribution >= 0.6 is 28.3 Å². The molecule has 1 saturated heterocycles. The smallest absolute Gasteiger partial charge is 0.262 e. The first-order chi connectivity index (χ1) is 8.16. The van der Waals surface area contributed by atoms with E-state index in [4.69, 9.17) is 0 Å². The second-order valence-corrected chi connectivity index (χ2v) is 4.92. The molecule has 0 spiro atoms. The summed E-state index contributed by atoms with van der Waals surface area (Å²) in [7, 11) is 0. The van der Waals surface area contributed by atoms with Gasteiger partial charge in [-0.1, -0.05) is 0 Å². The van der Waals surface area contributed by atoms with Crippen LogP contribution in [0.15, 0.2) is 21.5 Å². The van der Waals surface area contributed by atoms with E-state index >= 15 is 0 Å². The lowest BCUT2D eigenvalue weighted by Crippen LogP contribution is -2.37. The molecule has 0 aromatic carbocycles. The Morgan fingerprint density at radius 3 is 2.94 bits per heavy atom. The Bertz CT molecular complexity index is 472. The van der Waals surface area contributed by atoms with Crippen LogP contribution in [0.1, 0.15) is 23.2 Å². The molecule has 1 aliphatic rings. The first kappa shape index (κ1) is 15.2. The van der Waals surface area contributed by atoms with E-state index in [0.717, 1.165) is 19.4 Å². The summed E-state index contributed by atoms with van der Waals surface area (Å²) in [5.41, 5.74) is 0.216. The van der Waals surface area contributed by atoms with Gasteiger partial charge in [-0.05, 0) is 41.4 Å². The Balaban J connectivity index is 0.00000162. The maximum atomic E-state index is 11.8. The van der Waals surface area contributed by atoms with Gasteiger partial charge in [0, 0.05) is 18.8 Å². The molecule has 2 rings (SSSR count). The summed E-state index contributed by atoms with van der Waals surface area (Å²) in [6.45, 7) is 1.64. The van der Waals surface area contributed by atoms with Gasteiger partial charge in [0.2, 0.25) is 0 Å². The summed E-state index contributed by atoms with van der Waals surface area (Å²) >= 11 is 3.10. The number of pyridine rings is 1. The van der Waals surface area contributed by atoms with E-state index in [1.54, 1.807) is 0 Å². The second-order valence-electron chi connectivity index (χ2n) is 4.07. The van der Waals surface area contributed by atoms with Gasteiger partial charge in [-0.25, -0.2) is 0 Å². The number of halogens is 2. The van der Waals surface area contributed by atoms with Crippen LogP contribution in [0.5, 0.6) is 0 Å². The maximum absolute atomic E-state index is 11.8. The Labute approximate surface area is 119 Å². The van der Waals surface area contributed by atoms with E-state index in [2.05, 4.69) is 31.5 Å². The van der Waals surface area contributed by atoms with Gasteiger partial charge in [-0.2, -0.15) is 0 Å². The molecule has 5 nitrogen and oxygen atoms in total. The van der Waals surface area contributed by atoms with E-state index in [9.17, 15) is 9.59 Å². The number of carbonyl (C=O) groups is 1. The molecule has 3 N–H and O–H groups in total. The largest absolute Gasteiger partial charge is 0.350 e. The molecule has 0 aliphatic carbocycles. The quantitative estimate of drug-likeness (QED) is 0.772. The number of rotatable bonds is 3. The van der Waals surface area contributed by atoms with Gasteiger partial charge in [0.15, 0.2) is 0 Å². The van der Waals surface area contributed by atoms with Crippen LogP contribution in [-0.4, -0.2) is 30.0 Å². The molecular formula is C11H15BrClN3O2. The molecule has 7 heteroatoms. The summed E-state index contributed by atoms with van der Waals surface area (Å²) in [6, 6.07) is 1.89. The molecule has 1 unspecified atom stereocenters. The predicted molar refractivity (Wildman–Crippen MR) is 75.4 cm³/mol. The fourth-order valence-corrected chi connectivity index (χ4v) is 2.20. The van der Waals surface area contributed by atoms with Gasteiger partial charge >= 0.3 is 0 Å². The Kier molecular flexibility index (Phi) is 5.84. The van der Waals surface area contributed by atoms with E-state index in [0.29, 0.717) is 22.6 Å². The lowest BCUT2D eigenvalue weighted by Gasteiger charge is -2.11. The van der Waals surface area contributed by atoms with Crippen molar-refractivity contribution in [1.82, 2.24) is 15.6 Å². The average Bonchev–Trinajstić information content (AvgIpc) is 2.82. The number of hydrogen-bond acceptors (Lipinski definition) is 3. The van der Waals surface area contributed by atoms with Crippen molar-refractivity contribution in [2.45, 2.75) is 18.9 Å². The molecule has 1 atom stereocenters. The van der Waals surface area contributed by atoms with Crippen molar-refractivity contribution in [3.63, 3.8) is 0 Å². The summed E-state index contributed by atoms with van der Waals surface area (Å²) in [5, 5.41) is 6.15. The fourth-order valence-electron chi connectivity index (χ4n) is 1.84. The molecule has 0 radical (unpaired) electrons. The molecule has 2 heterocycles. The van der Waals surface area contributed by atoms with Crippen molar-refractivity contribution in [2.24, 2.45) is 0 Å². The minimum absolute atomic E-state index is 0. The monoisotopic (exact) mass is 335 g/mol. The summed E-state index contributed by atoms with van der Waals surface area (Å²) < 4.78 is 0.365. The van der Waals surface area contributed by atoms with Crippen molar-refractivity contribution >= 4 is 34.2 Å². The first-order valence-corrected chi connectivity index (χ1v) is 6.36. The number of aromatic amines is 1. The third kappa shape index (κ3) is 3.83. The molecular weight excluding hydrogens is 321 g/mol. The van der Waals surface area contributed by atoms with Crippen molar-refractivity contribution < 1.29 is 4.79 Å². The lowest BCUT2D eigenvalue weighted by atomic mass is 10.2. The standard InChI is InChI=1S/C11H14BrN3O2.ClH/c12-9-4-7(5-14-11(9)17)10(16)15-6-8-2-1-3-13-8;/h4-5,8,13H,1-3,6H2,(H,14,17)(H,15,16);1H. The van der Waals surface area contributed by atoms with Crippen molar-refractivity contribution in [1.29, 1.82) is 0 Å². The zero-order chi connectivity index (χ0) is 12.3. The number of nitrogens with one attached hydrogen (secondary N) is 3.